The lowest BCUT2D eigenvalue weighted by atomic mass is 10.1. The van der Waals surface area contributed by atoms with Gasteiger partial charge in [-0.3, -0.25) is 4.79 Å². The van der Waals surface area contributed by atoms with Gasteiger partial charge in [0.05, 0.1) is 18.1 Å². The Labute approximate surface area is 174 Å². The molecule has 0 atom stereocenters. The molecule has 4 rings (SSSR count). The number of aromatic nitrogens is 1. The van der Waals surface area contributed by atoms with Gasteiger partial charge in [-0.15, -0.1) is 0 Å². The van der Waals surface area contributed by atoms with Crippen molar-refractivity contribution in [3.63, 3.8) is 0 Å². The van der Waals surface area contributed by atoms with Crippen LogP contribution in [0.2, 0.25) is 0 Å². The Hall–Kier alpha value is -3.01. The van der Waals surface area contributed by atoms with Crippen molar-refractivity contribution in [1.82, 2.24) is 9.46 Å². The molecule has 0 spiro atoms. The van der Waals surface area contributed by atoms with Crippen molar-refractivity contribution in [2.45, 2.75) is 11.8 Å². The molecule has 9 heteroatoms. The number of amides is 1. The monoisotopic (exact) mass is 427 g/mol. The molecule has 2 heterocycles. The van der Waals surface area contributed by atoms with Crippen LogP contribution in [-0.4, -0.2) is 50.1 Å². The van der Waals surface area contributed by atoms with Crippen molar-refractivity contribution in [3.8, 4) is 11.3 Å². The molecular formula is C21H21N3O5S. The van der Waals surface area contributed by atoms with Crippen LogP contribution in [0.3, 0.4) is 0 Å². The Kier molecular flexibility index (Phi) is 5.67. The van der Waals surface area contributed by atoms with Crippen LogP contribution in [0.4, 0.5) is 5.69 Å². The smallest absolute Gasteiger partial charge is 0.277 e. The average molecular weight is 427 g/mol. The van der Waals surface area contributed by atoms with Crippen molar-refractivity contribution >= 4 is 21.6 Å². The van der Waals surface area contributed by atoms with E-state index in [2.05, 4.69) is 10.5 Å². The maximum atomic E-state index is 12.7. The molecule has 0 radical (unpaired) electrons. The zero-order chi connectivity index (χ0) is 21.1. The normalized spacial score (nSPS) is 15.1. The molecule has 0 unspecified atom stereocenters. The van der Waals surface area contributed by atoms with E-state index in [0.29, 0.717) is 37.8 Å². The molecule has 1 aromatic heterocycles. The molecule has 3 aromatic rings. The molecule has 0 saturated carbocycles. The van der Waals surface area contributed by atoms with Gasteiger partial charge in [-0.2, -0.15) is 4.31 Å². The van der Waals surface area contributed by atoms with Gasteiger partial charge in [0.2, 0.25) is 10.0 Å². The molecule has 1 N–H and O–H groups in total. The van der Waals surface area contributed by atoms with Gasteiger partial charge in [-0.05, 0) is 31.2 Å². The molecule has 156 valence electrons. The maximum Gasteiger partial charge on any atom is 0.277 e. The van der Waals surface area contributed by atoms with E-state index in [-0.39, 0.29) is 10.6 Å². The molecule has 1 fully saturated rings. The third-order valence-electron chi connectivity index (χ3n) is 4.80. The summed E-state index contributed by atoms with van der Waals surface area (Å²) < 4.78 is 37.2. The fourth-order valence-corrected chi connectivity index (χ4v) is 4.49. The molecule has 1 saturated heterocycles. The summed E-state index contributed by atoms with van der Waals surface area (Å²) in [5, 5.41) is 6.53. The van der Waals surface area contributed by atoms with Crippen LogP contribution in [-0.2, 0) is 14.8 Å². The number of carbonyl (C=O) groups is 1. The summed E-state index contributed by atoms with van der Waals surface area (Å²) in [6.45, 7) is 3.42. The number of aryl methyl sites for hydroxylation is 1. The Morgan fingerprint density at radius 1 is 1.03 bits per heavy atom. The summed E-state index contributed by atoms with van der Waals surface area (Å²) in [5.74, 6) is 0.0491. The van der Waals surface area contributed by atoms with Crippen LogP contribution in [0.15, 0.2) is 64.0 Å². The molecule has 0 bridgehead atoms. The highest BCUT2D eigenvalue weighted by Gasteiger charge is 2.26. The van der Waals surface area contributed by atoms with Crippen molar-refractivity contribution < 1.29 is 22.5 Å². The number of nitrogens with one attached hydrogen (secondary N) is 1. The summed E-state index contributed by atoms with van der Waals surface area (Å²) in [6.07, 6.45) is 0. The minimum Gasteiger partial charge on any atom is -0.379 e. The van der Waals surface area contributed by atoms with E-state index in [1.54, 1.807) is 18.2 Å². The Bertz CT molecular complexity index is 1130. The number of morpholine rings is 1. The number of hydrogen-bond acceptors (Lipinski definition) is 6. The number of sulfonamides is 1. The average Bonchev–Trinajstić information content (AvgIpc) is 3.26. The number of benzene rings is 2. The van der Waals surface area contributed by atoms with Crippen LogP contribution >= 0.6 is 0 Å². The standard InChI is InChI=1S/C21H21N3O5S/c1-15-2-4-16(5-3-15)20-14-19(23-29-20)21(25)22-17-6-8-18(9-7-17)30(26,27)24-10-12-28-13-11-24/h2-9,14H,10-13H2,1H3,(H,22,25). The summed E-state index contributed by atoms with van der Waals surface area (Å²) in [6, 6.07) is 15.3. The molecular weight excluding hydrogens is 406 g/mol. The zero-order valence-corrected chi connectivity index (χ0v) is 17.2. The van der Waals surface area contributed by atoms with E-state index < -0.39 is 15.9 Å². The number of nitrogens with zero attached hydrogens (tertiary/aromatic N) is 2. The van der Waals surface area contributed by atoms with E-state index in [1.807, 2.05) is 31.2 Å². The van der Waals surface area contributed by atoms with E-state index >= 15 is 0 Å². The lowest BCUT2D eigenvalue weighted by molar-refractivity contribution is 0.0730. The van der Waals surface area contributed by atoms with Gasteiger partial charge >= 0.3 is 0 Å². The summed E-state index contributed by atoms with van der Waals surface area (Å²) in [4.78, 5) is 12.6. The number of carbonyl (C=O) groups excluding carboxylic acids is 1. The van der Waals surface area contributed by atoms with Crippen LogP contribution < -0.4 is 5.32 Å². The van der Waals surface area contributed by atoms with E-state index in [4.69, 9.17) is 9.26 Å². The second-order valence-corrected chi connectivity index (χ2v) is 8.88. The fraction of sp³-hybridized carbons (Fsp3) is 0.238. The molecule has 8 nitrogen and oxygen atoms in total. The Balaban J connectivity index is 1.44. The van der Waals surface area contributed by atoms with Gasteiger partial charge in [0.25, 0.3) is 5.91 Å². The van der Waals surface area contributed by atoms with Crippen molar-refractivity contribution in [1.29, 1.82) is 0 Å². The van der Waals surface area contributed by atoms with Crippen LogP contribution in [0.5, 0.6) is 0 Å². The fourth-order valence-electron chi connectivity index (χ4n) is 3.08. The third kappa shape index (κ3) is 4.28. The van der Waals surface area contributed by atoms with Crippen molar-refractivity contribution in [3.05, 3.63) is 65.9 Å². The first-order valence-electron chi connectivity index (χ1n) is 9.46. The van der Waals surface area contributed by atoms with Crippen LogP contribution in [0.1, 0.15) is 16.1 Å². The Morgan fingerprint density at radius 2 is 1.70 bits per heavy atom. The van der Waals surface area contributed by atoms with Gasteiger partial charge in [0, 0.05) is 30.4 Å². The minimum atomic E-state index is -3.58. The maximum absolute atomic E-state index is 12.7. The van der Waals surface area contributed by atoms with Crippen molar-refractivity contribution in [2.24, 2.45) is 0 Å². The molecule has 1 aliphatic heterocycles. The van der Waals surface area contributed by atoms with Crippen LogP contribution in [0.25, 0.3) is 11.3 Å². The first-order chi connectivity index (χ1) is 14.4. The first kappa shape index (κ1) is 20.3. The minimum absolute atomic E-state index is 0.135. The first-order valence-corrected chi connectivity index (χ1v) is 10.9. The van der Waals surface area contributed by atoms with Crippen LogP contribution in [0, 0.1) is 6.92 Å². The molecule has 1 amide bonds. The number of hydrogen-bond donors (Lipinski definition) is 1. The summed E-state index contributed by atoms with van der Waals surface area (Å²) in [7, 11) is -3.58. The van der Waals surface area contributed by atoms with Gasteiger partial charge in [0.15, 0.2) is 11.5 Å². The lowest BCUT2D eigenvalue weighted by Crippen LogP contribution is -2.40. The predicted molar refractivity (Wildman–Crippen MR) is 111 cm³/mol. The molecule has 2 aromatic carbocycles. The topological polar surface area (TPSA) is 102 Å². The van der Waals surface area contributed by atoms with Gasteiger partial charge in [0.1, 0.15) is 0 Å². The molecule has 0 aliphatic carbocycles. The second-order valence-electron chi connectivity index (χ2n) is 6.94. The largest absolute Gasteiger partial charge is 0.379 e. The number of ether oxygens (including phenoxy) is 1. The van der Waals surface area contributed by atoms with E-state index in [1.165, 1.54) is 16.4 Å². The third-order valence-corrected chi connectivity index (χ3v) is 6.71. The number of anilines is 1. The zero-order valence-electron chi connectivity index (χ0n) is 16.4. The quantitative estimate of drug-likeness (QED) is 0.672. The highest BCUT2D eigenvalue weighted by Crippen LogP contribution is 2.22. The molecule has 1 aliphatic rings. The number of rotatable bonds is 5. The Morgan fingerprint density at radius 3 is 2.37 bits per heavy atom. The van der Waals surface area contributed by atoms with E-state index in [9.17, 15) is 13.2 Å². The van der Waals surface area contributed by atoms with Gasteiger partial charge < -0.3 is 14.6 Å². The highest BCUT2D eigenvalue weighted by atomic mass is 32.2. The highest BCUT2D eigenvalue weighted by molar-refractivity contribution is 7.89. The van der Waals surface area contributed by atoms with Crippen molar-refractivity contribution in [2.75, 3.05) is 31.6 Å². The summed E-state index contributed by atoms with van der Waals surface area (Å²) >= 11 is 0. The molecule has 30 heavy (non-hydrogen) atoms. The summed E-state index contributed by atoms with van der Waals surface area (Å²) in [5.41, 5.74) is 2.54. The predicted octanol–water partition coefficient (Wildman–Crippen LogP) is 2.92. The van der Waals surface area contributed by atoms with Gasteiger partial charge in [-0.25, -0.2) is 8.42 Å². The van der Waals surface area contributed by atoms with Gasteiger partial charge in [-0.1, -0.05) is 35.0 Å². The van der Waals surface area contributed by atoms with E-state index in [0.717, 1.165) is 11.1 Å². The SMILES string of the molecule is Cc1ccc(-c2cc(C(=O)Nc3ccc(S(=O)(=O)N4CCOCC4)cc3)no2)cc1. The second kappa shape index (κ2) is 8.39. The lowest BCUT2D eigenvalue weighted by Gasteiger charge is -2.26.